The highest BCUT2D eigenvalue weighted by Crippen LogP contribution is 2.22. The Hall–Kier alpha value is -0.620. The highest BCUT2D eigenvalue weighted by molar-refractivity contribution is 5.32. The lowest BCUT2D eigenvalue weighted by molar-refractivity contribution is 0.356. The minimum absolute atomic E-state index is 0.493. The molecule has 2 heteroatoms. The zero-order valence-electron chi connectivity index (χ0n) is 11.2. The number of nitrogens with zero attached hydrogens (tertiary/aromatic N) is 1. The molecular weight excluding hydrogens is 198 g/mol. The number of carbonyl (C=O) groups excluding carboxylic acids is 1. The van der Waals surface area contributed by atoms with Gasteiger partial charge in [-0.05, 0) is 18.3 Å². The van der Waals surface area contributed by atoms with Crippen LogP contribution < -0.4 is 0 Å². The van der Waals surface area contributed by atoms with Crippen molar-refractivity contribution >= 4 is 6.08 Å². The van der Waals surface area contributed by atoms with Crippen LogP contribution in [0.5, 0.6) is 0 Å². The maximum absolute atomic E-state index is 9.80. The van der Waals surface area contributed by atoms with Crippen molar-refractivity contribution in [1.82, 2.24) is 0 Å². The van der Waals surface area contributed by atoms with Gasteiger partial charge in [0.1, 0.15) is 0 Å². The second kappa shape index (κ2) is 9.59. The first-order chi connectivity index (χ1) is 7.56. The molecule has 0 rings (SSSR count). The lowest BCUT2D eigenvalue weighted by Gasteiger charge is -2.17. The molecule has 2 nitrogen and oxygen atoms in total. The van der Waals surface area contributed by atoms with Gasteiger partial charge in [-0.15, -0.1) is 0 Å². The van der Waals surface area contributed by atoms with Crippen molar-refractivity contribution in [3.8, 4) is 0 Å². The van der Waals surface area contributed by atoms with Crippen LogP contribution in [0.2, 0.25) is 0 Å². The largest absolute Gasteiger partial charge is 0.234 e. The van der Waals surface area contributed by atoms with Gasteiger partial charge < -0.3 is 0 Å². The first kappa shape index (κ1) is 15.4. The zero-order valence-corrected chi connectivity index (χ0v) is 11.2. The standard InChI is InChI=1S/C14H27NO/c1-14(2,3)11-9-7-5-4-6-8-10-12-15-13-16/h4-12H2,1-3H3. The summed E-state index contributed by atoms with van der Waals surface area (Å²) in [4.78, 5) is 13.3. The maximum Gasteiger partial charge on any atom is 0.234 e. The molecule has 0 saturated carbocycles. The van der Waals surface area contributed by atoms with Crippen molar-refractivity contribution in [3.05, 3.63) is 0 Å². The molecule has 0 saturated heterocycles. The van der Waals surface area contributed by atoms with E-state index in [1.807, 2.05) is 0 Å². The van der Waals surface area contributed by atoms with Crippen LogP contribution >= 0.6 is 0 Å². The van der Waals surface area contributed by atoms with Crippen molar-refractivity contribution in [2.75, 3.05) is 6.54 Å². The Labute approximate surface area is 101 Å². The summed E-state index contributed by atoms with van der Waals surface area (Å²) in [6.07, 6.45) is 11.8. The topological polar surface area (TPSA) is 29.4 Å². The molecule has 0 atom stereocenters. The average molecular weight is 225 g/mol. The van der Waals surface area contributed by atoms with Gasteiger partial charge in [-0.3, -0.25) is 0 Å². The third kappa shape index (κ3) is 13.4. The highest BCUT2D eigenvalue weighted by atomic mass is 16.1. The molecule has 0 spiro atoms. The zero-order chi connectivity index (χ0) is 12.3. The van der Waals surface area contributed by atoms with Crippen molar-refractivity contribution in [1.29, 1.82) is 0 Å². The van der Waals surface area contributed by atoms with E-state index in [0.717, 1.165) is 6.42 Å². The van der Waals surface area contributed by atoms with Gasteiger partial charge in [0.2, 0.25) is 6.08 Å². The number of rotatable bonds is 9. The smallest absolute Gasteiger partial charge is 0.211 e. The molecule has 0 aliphatic carbocycles. The molecule has 0 heterocycles. The molecular formula is C14H27NO. The minimum atomic E-state index is 0.493. The number of aliphatic imine (C=N–C) groups is 1. The summed E-state index contributed by atoms with van der Waals surface area (Å²) in [6.45, 7) is 7.58. The number of hydrogen-bond donors (Lipinski definition) is 0. The van der Waals surface area contributed by atoms with Gasteiger partial charge >= 0.3 is 0 Å². The van der Waals surface area contributed by atoms with E-state index in [0.29, 0.717) is 12.0 Å². The molecule has 0 aliphatic heterocycles. The van der Waals surface area contributed by atoms with Crippen molar-refractivity contribution in [2.45, 2.75) is 72.1 Å². The molecule has 16 heavy (non-hydrogen) atoms. The molecule has 94 valence electrons. The van der Waals surface area contributed by atoms with Crippen LogP contribution in [-0.4, -0.2) is 12.6 Å². The quantitative estimate of drug-likeness (QED) is 0.323. The van der Waals surface area contributed by atoms with E-state index in [4.69, 9.17) is 0 Å². The van der Waals surface area contributed by atoms with Crippen molar-refractivity contribution in [2.24, 2.45) is 10.4 Å². The van der Waals surface area contributed by atoms with E-state index in [-0.39, 0.29) is 0 Å². The Balaban J connectivity index is 3.07. The normalized spacial score (nSPS) is 11.2. The predicted molar refractivity (Wildman–Crippen MR) is 69.4 cm³/mol. The summed E-state index contributed by atoms with van der Waals surface area (Å²) in [6, 6.07) is 0. The van der Waals surface area contributed by atoms with Crippen LogP contribution in [-0.2, 0) is 4.79 Å². The molecule has 0 aromatic heterocycles. The van der Waals surface area contributed by atoms with Crippen LogP contribution in [0.1, 0.15) is 72.1 Å². The van der Waals surface area contributed by atoms with Crippen LogP contribution in [0.25, 0.3) is 0 Å². The second-order valence-corrected chi connectivity index (χ2v) is 5.76. The first-order valence-corrected chi connectivity index (χ1v) is 6.60. The van der Waals surface area contributed by atoms with Gasteiger partial charge in [0.15, 0.2) is 0 Å². The van der Waals surface area contributed by atoms with E-state index in [1.54, 1.807) is 6.08 Å². The Morgan fingerprint density at radius 3 is 1.88 bits per heavy atom. The average Bonchev–Trinajstić information content (AvgIpc) is 2.19. The number of unbranched alkanes of at least 4 members (excludes halogenated alkanes) is 6. The summed E-state index contributed by atoms with van der Waals surface area (Å²) in [5.41, 5.74) is 0.493. The van der Waals surface area contributed by atoms with E-state index in [1.165, 1.54) is 44.9 Å². The van der Waals surface area contributed by atoms with E-state index in [9.17, 15) is 4.79 Å². The number of hydrogen-bond acceptors (Lipinski definition) is 2. The van der Waals surface area contributed by atoms with Gasteiger partial charge in [-0.2, -0.15) is 0 Å². The fourth-order valence-electron chi connectivity index (χ4n) is 1.78. The van der Waals surface area contributed by atoms with Gasteiger partial charge in [0.05, 0.1) is 6.54 Å². The molecule has 0 aromatic carbocycles. The lowest BCUT2D eigenvalue weighted by atomic mass is 9.89. The SMILES string of the molecule is CC(C)(C)CCCCCCCCCN=C=O. The summed E-state index contributed by atoms with van der Waals surface area (Å²) in [7, 11) is 0. The van der Waals surface area contributed by atoms with Crippen LogP contribution in [0.4, 0.5) is 0 Å². The number of isocyanates is 1. The Kier molecular flexibility index (Phi) is 9.22. The second-order valence-electron chi connectivity index (χ2n) is 5.76. The maximum atomic E-state index is 9.80. The van der Waals surface area contributed by atoms with Gasteiger partial charge in [0.25, 0.3) is 0 Å². The molecule has 0 aromatic rings. The van der Waals surface area contributed by atoms with E-state index < -0.39 is 0 Å². The summed E-state index contributed by atoms with van der Waals surface area (Å²) in [5, 5.41) is 0. The summed E-state index contributed by atoms with van der Waals surface area (Å²) in [5.74, 6) is 0. The fraction of sp³-hybridized carbons (Fsp3) is 0.929. The molecule has 0 unspecified atom stereocenters. The molecule has 0 aliphatic rings. The van der Waals surface area contributed by atoms with Gasteiger partial charge in [0, 0.05) is 0 Å². The Morgan fingerprint density at radius 2 is 1.38 bits per heavy atom. The third-order valence-corrected chi connectivity index (χ3v) is 2.76. The molecule has 0 fully saturated rings. The third-order valence-electron chi connectivity index (χ3n) is 2.76. The van der Waals surface area contributed by atoms with E-state index in [2.05, 4.69) is 25.8 Å². The predicted octanol–water partition coefficient (Wildman–Crippen LogP) is 4.49. The first-order valence-electron chi connectivity index (χ1n) is 6.60. The summed E-state index contributed by atoms with van der Waals surface area (Å²) < 4.78 is 0. The van der Waals surface area contributed by atoms with E-state index >= 15 is 0 Å². The van der Waals surface area contributed by atoms with Crippen LogP contribution in [0, 0.1) is 5.41 Å². The van der Waals surface area contributed by atoms with Gasteiger partial charge in [-0.1, -0.05) is 59.3 Å². The molecule has 0 N–H and O–H groups in total. The van der Waals surface area contributed by atoms with Crippen molar-refractivity contribution in [3.63, 3.8) is 0 Å². The molecule has 0 bridgehead atoms. The minimum Gasteiger partial charge on any atom is -0.211 e. The lowest BCUT2D eigenvalue weighted by Crippen LogP contribution is -2.03. The monoisotopic (exact) mass is 225 g/mol. The molecule has 0 amide bonds. The van der Waals surface area contributed by atoms with Gasteiger partial charge in [-0.25, -0.2) is 9.79 Å². The fourth-order valence-corrected chi connectivity index (χ4v) is 1.78. The summed E-state index contributed by atoms with van der Waals surface area (Å²) >= 11 is 0. The van der Waals surface area contributed by atoms with Crippen LogP contribution in [0.15, 0.2) is 4.99 Å². The highest BCUT2D eigenvalue weighted by Gasteiger charge is 2.08. The Bertz CT molecular complexity index is 199. The molecule has 0 radical (unpaired) electrons. The van der Waals surface area contributed by atoms with Crippen molar-refractivity contribution < 1.29 is 4.79 Å². The Morgan fingerprint density at radius 1 is 0.875 bits per heavy atom. The van der Waals surface area contributed by atoms with Crippen LogP contribution in [0.3, 0.4) is 0 Å².